The van der Waals surface area contributed by atoms with Crippen molar-refractivity contribution in [2.75, 3.05) is 6.61 Å². The molecule has 0 saturated heterocycles. The van der Waals surface area contributed by atoms with Gasteiger partial charge in [0.2, 0.25) is 5.89 Å². The van der Waals surface area contributed by atoms with Gasteiger partial charge in [-0.2, -0.15) is 0 Å². The molecular formula is C14H12N2O6S. The summed E-state index contributed by atoms with van der Waals surface area (Å²) in [6.07, 6.45) is 1.40. The van der Waals surface area contributed by atoms with Gasteiger partial charge in [-0.15, -0.1) is 10.2 Å². The van der Waals surface area contributed by atoms with Crippen molar-refractivity contribution in [1.29, 1.82) is 0 Å². The number of carboxylic acids is 2. The molecule has 0 fully saturated rings. The number of carboxylic acid groups (broad SMARTS) is 2. The van der Waals surface area contributed by atoms with Gasteiger partial charge in [-0.3, -0.25) is 0 Å². The van der Waals surface area contributed by atoms with Crippen LogP contribution in [0, 0.1) is 6.92 Å². The van der Waals surface area contributed by atoms with Gasteiger partial charge < -0.3 is 19.4 Å². The Morgan fingerprint density at radius 3 is 2.74 bits per heavy atom. The second-order valence-electron chi connectivity index (χ2n) is 4.26. The van der Waals surface area contributed by atoms with Crippen LogP contribution in [-0.4, -0.2) is 39.0 Å². The number of hydrogen-bond acceptors (Lipinski definition) is 7. The number of rotatable bonds is 7. The normalized spacial score (nSPS) is 11.3. The monoisotopic (exact) mass is 336 g/mol. The van der Waals surface area contributed by atoms with Gasteiger partial charge in [0.05, 0.1) is 0 Å². The molecule has 0 atom stereocenters. The van der Waals surface area contributed by atoms with Crippen LogP contribution in [0.1, 0.15) is 11.5 Å². The van der Waals surface area contributed by atoms with Gasteiger partial charge in [0.1, 0.15) is 10.7 Å². The number of ether oxygens (including phenoxy) is 1. The Labute approximate surface area is 134 Å². The van der Waals surface area contributed by atoms with Gasteiger partial charge in [-0.25, -0.2) is 9.59 Å². The number of benzene rings is 1. The van der Waals surface area contributed by atoms with Crippen molar-refractivity contribution in [1.82, 2.24) is 10.2 Å². The van der Waals surface area contributed by atoms with E-state index in [1.807, 2.05) is 0 Å². The van der Waals surface area contributed by atoms with Gasteiger partial charge in [-0.05, 0) is 35.5 Å². The van der Waals surface area contributed by atoms with E-state index in [1.54, 1.807) is 25.1 Å². The number of aromatic nitrogens is 2. The van der Waals surface area contributed by atoms with Gasteiger partial charge in [0, 0.05) is 6.92 Å². The summed E-state index contributed by atoms with van der Waals surface area (Å²) >= 11 is 0.823. The third-order valence-corrected chi connectivity index (χ3v) is 3.29. The molecule has 2 rings (SSSR count). The Bertz CT molecular complexity index is 755. The maximum absolute atomic E-state index is 11.3. The van der Waals surface area contributed by atoms with E-state index in [9.17, 15) is 14.7 Å². The summed E-state index contributed by atoms with van der Waals surface area (Å²) in [5.74, 6) is -1.59. The fourth-order valence-electron chi connectivity index (χ4n) is 1.54. The summed E-state index contributed by atoms with van der Waals surface area (Å²) in [4.78, 5) is 21.8. The highest BCUT2D eigenvalue weighted by atomic mass is 32.2. The van der Waals surface area contributed by atoms with E-state index < -0.39 is 18.5 Å². The molecule has 1 heterocycles. The zero-order valence-corrected chi connectivity index (χ0v) is 12.7. The van der Waals surface area contributed by atoms with Crippen molar-refractivity contribution in [2.24, 2.45) is 0 Å². The molecule has 9 heteroatoms. The summed E-state index contributed by atoms with van der Waals surface area (Å²) < 4.78 is 10.2. The molecule has 0 unspecified atom stereocenters. The lowest BCUT2D eigenvalue weighted by molar-refractivity contribution is -0.139. The summed E-state index contributed by atoms with van der Waals surface area (Å²) in [5, 5.41) is 25.3. The second-order valence-corrected chi connectivity index (χ2v) is 5.25. The minimum atomic E-state index is -1.15. The minimum absolute atomic E-state index is 0.0240. The molecule has 0 radical (unpaired) electrons. The van der Waals surface area contributed by atoms with E-state index in [0.29, 0.717) is 17.2 Å². The van der Waals surface area contributed by atoms with Crippen molar-refractivity contribution in [3.63, 3.8) is 0 Å². The Balaban J connectivity index is 2.19. The van der Waals surface area contributed by atoms with Crippen LogP contribution in [0.2, 0.25) is 0 Å². The first-order chi connectivity index (χ1) is 10.9. The van der Waals surface area contributed by atoms with E-state index in [0.717, 1.165) is 11.8 Å². The molecule has 2 aromatic rings. The predicted octanol–water partition coefficient (Wildman–Crippen LogP) is 2.06. The van der Waals surface area contributed by atoms with E-state index >= 15 is 0 Å². The zero-order chi connectivity index (χ0) is 16.8. The predicted molar refractivity (Wildman–Crippen MR) is 80.1 cm³/mol. The van der Waals surface area contributed by atoms with E-state index in [2.05, 4.69) is 10.2 Å². The van der Waals surface area contributed by atoms with Crippen LogP contribution in [0.15, 0.2) is 38.8 Å². The molecule has 23 heavy (non-hydrogen) atoms. The van der Waals surface area contributed by atoms with Crippen molar-refractivity contribution < 1.29 is 29.0 Å². The number of nitrogens with zero attached hydrogens (tertiary/aromatic N) is 2. The molecule has 0 aliphatic carbocycles. The first-order valence-electron chi connectivity index (χ1n) is 6.31. The molecule has 0 bridgehead atoms. The second kappa shape index (κ2) is 7.45. The Hall–Kier alpha value is -2.81. The molecule has 0 aliphatic rings. The standard InChI is InChI=1S/C14H12N2O6S/c1-8-15-16-14(22-8)23-11(13(19)20)6-9-3-2-4-10(5-9)21-7-12(17)18/h2-6H,7H2,1H3,(H,17,18)(H,19,20)/b11-6-. The smallest absolute Gasteiger partial charge is 0.342 e. The topological polar surface area (TPSA) is 123 Å². The fourth-order valence-corrected chi connectivity index (χ4v) is 2.25. The largest absolute Gasteiger partial charge is 0.482 e. The molecule has 1 aromatic carbocycles. The highest BCUT2D eigenvalue weighted by Gasteiger charge is 2.14. The highest BCUT2D eigenvalue weighted by molar-refractivity contribution is 8.03. The molecule has 120 valence electrons. The van der Waals surface area contributed by atoms with Crippen LogP contribution in [0.4, 0.5) is 0 Å². The molecule has 0 saturated carbocycles. The Morgan fingerprint density at radius 1 is 1.35 bits per heavy atom. The molecule has 0 amide bonds. The summed E-state index contributed by atoms with van der Waals surface area (Å²) in [6.45, 7) is 1.12. The van der Waals surface area contributed by atoms with Crippen molar-refractivity contribution in [2.45, 2.75) is 12.1 Å². The maximum atomic E-state index is 11.3. The quantitative estimate of drug-likeness (QED) is 0.577. The average molecular weight is 336 g/mol. The van der Waals surface area contributed by atoms with E-state index in [1.165, 1.54) is 12.1 Å². The lowest BCUT2D eigenvalue weighted by Gasteiger charge is -2.04. The van der Waals surface area contributed by atoms with Crippen LogP contribution in [0.25, 0.3) is 6.08 Å². The number of aryl methyl sites for hydroxylation is 1. The first-order valence-corrected chi connectivity index (χ1v) is 7.13. The van der Waals surface area contributed by atoms with Crippen LogP contribution in [-0.2, 0) is 9.59 Å². The van der Waals surface area contributed by atoms with Gasteiger partial charge in [0.15, 0.2) is 6.61 Å². The molecule has 0 aliphatic heterocycles. The Morgan fingerprint density at radius 2 is 2.13 bits per heavy atom. The fraction of sp³-hybridized carbons (Fsp3) is 0.143. The molecular weight excluding hydrogens is 324 g/mol. The Kier molecular flexibility index (Phi) is 5.36. The van der Waals surface area contributed by atoms with Crippen LogP contribution < -0.4 is 4.74 Å². The summed E-state index contributed by atoms with van der Waals surface area (Å²) in [5.41, 5.74) is 0.536. The number of hydrogen-bond donors (Lipinski definition) is 2. The lowest BCUT2D eigenvalue weighted by atomic mass is 10.2. The maximum Gasteiger partial charge on any atom is 0.342 e. The third kappa shape index (κ3) is 5.15. The summed E-state index contributed by atoms with van der Waals surface area (Å²) in [6, 6.07) is 6.40. The summed E-state index contributed by atoms with van der Waals surface area (Å²) in [7, 11) is 0. The van der Waals surface area contributed by atoms with Crippen LogP contribution >= 0.6 is 11.8 Å². The molecule has 0 spiro atoms. The first kappa shape index (κ1) is 16.6. The van der Waals surface area contributed by atoms with E-state index in [4.69, 9.17) is 14.3 Å². The van der Waals surface area contributed by atoms with E-state index in [-0.39, 0.29) is 10.1 Å². The third-order valence-electron chi connectivity index (χ3n) is 2.43. The van der Waals surface area contributed by atoms with Crippen molar-refractivity contribution in [3.05, 3.63) is 40.6 Å². The molecule has 8 nitrogen and oxygen atoms in total. The van der Waals surface area contributed by atoms with Crippen molar-refractivity contribution >= 4 is 29.8 Å². The zero-order valence-electron chi connectivity index (χ0n) is 11.9. The van der Waals surface area contributed by atoms with Crippen LogP contribution in [0.3, 0.4) is 0 Å². The van der Waals surface area contributed by atoms with Gasteiger partial charge in [0.25, 0.3) is 5.22 Å². The highest BCUT2D eigenvalue weighted by Crippen LogP contribution is 2.28. The lowest BCUT2D eigenvalue weighted by Crippen LogP contribution is -2.09. The van der Waals surface area contributed by atoms with Crippen molar-refractivity contribution in [3.8, 4) is 5.75 Å². The molecule has 2 N–H and O–H groups in total. The molecule has 1 aromatic heterocycles. The minimum Gasteiger partial charge on any atom is -0.482 e. The number of thioether (sulfide) groups is 1. The van der Waals surface area contributed by atoms with Gasteiger partial charge >= 0.3 is 11.9 Å². The number of aliphatic carboxylic acids is 2. The van der Waals surface area contributed by atoms with Crippen LogP contribution in [0.5, 0.6) is 5.75 Å². The van der Waals surface area contributed by atoms with Gasteiger partial charge in [-0.1, -0.05) is 12.1 Å². The SMILES string of the molecule is Cc1nnc(S/C(=C\c2cccc(OCC(=O)O)c2)C(=O)O)o1. The average Bonchev–Trinajstić information content (AvgIpc) is 2.90. The number of carbonyl (C=O) groups is 2.